The second-order valence-corrected chi connectivity index (χ2v) is 5.56. The summed E-state index contributed by atoms with van der Waals surface area (Å²) in [4.78, 5) is 27.7. The van der Waals surface area contributed by atoms with Crippen LogP contribution in [0.4, 0.5) is 11.5 Å². The first-order valence-electron chi connectivity index (χ1n) is 6.48. The lowest BCUT2D eigenvalue weighted by atomic mass is 10.00. The van der Waals surface area contributed by atoms with Gasteiger partial charge in [-0.1, -0.05) is 0 Å². The Morgan fingerprint density at radius 3 is 2.95 bits per heavy atom. The third-order valence-electron chi connectivity index (χ3n) is 3.25. The maximum Gasteiger partial charge on any atom is 0.256 e. The predicted octanol–water partition coefficient (Wildman–Crippen LogP) is 2.98. The Morgan fingerprint density at radius 2 is 2.14 bits per heavy atom. The van der Waals surface area contributed by atoms with Crippen LogP contribution in [-0.4, -0.2) is 16.8 Å². The van der Waals surface area contributed by atoms with Gasteiger partial charge in [-0.2, -0.15) is 0 Å². The first-order valence-corrected chi connectivity index (χ1v) is 7.27. The molecule has 2 amide bonds. The molecule has 0 atom stereocenters. The van der Waals surface area contributed by atoms with Crippen molar-refractivity contribution in [3.63, 3.8) is 0 Å². The van der Waals surface area contributed by atoms with Gasteiger partial charge in [-0.15, -0.1) is 0 Å². The van der Waals surface area contributed by atoms with Gasteiger partial charge in [0.15, 0.2) is 0 Å². The van der Waals surface area contributed by atoms with Gasteiger partial charge >= 0.3 is 0 Å². The Bertz CT molecular complexity index is 731. The van der Waals surface area contributed by atoms with Gasteiger partial charge in [0, 0.05) is 23.9 Å². The zero-order valence-electron chi connectivity index (χ0n) is 11.0. The van der Waals surface area contributed by atoms with Gasteiger partial charge in [0.25, 0.3) is 5.91 Å². The van der Waals surface area contributed by atoms with E-state index in [0.29, 0.717) is 24.2 Å². The van der Waals surface area contributed by atoms with Crippen molar-refractivity contribution in [2.75, 3.05) is 10.6 Å². The number of pyridine rings is 1. The highest BCUT2D eigenvalue weighted by Crippen LogP contribution is 2.24. The van der Waals surface area contributed by atoms with Crippen molar-refractivity contribution in [2.45, 2.75) is 12.8 Å². The van der Waals surface area contributed by atoms with Gasteiger partial charge in [-0.05, 0) is 58.2 Å². The number of nitrogens with zero attached hydrogens (tertiary/aromatic N) is 1. The number of halogens is 1. The van der Waals surface area contributed by atoms with Crippen LogP contribution in [0.2, 0.25) is 0 Å². The number of anilines is 2. The van der Waals surface area contributed by atoms with Crippen molar-refractivity contribution in [1.82, 2.24) is 4.98 Å². The Morgan fingerprint density at radius 1 is 1.29 bits per heavy atom. The minimum Gasteiger partial charge on any atom is -0.326 e. The summed E-state index contributed by atoms with van der Waals surface area (Å²) in [6.07, 6.45) is 2.71. The fraction of sp³-hybridized carbons (Fsp3) is 0.133. The molecule has 0 unspecified atom stereocenters. The molecule has 0 saturated carbocycles. The molecule has 3 rings (SSSR count). The van der Waals surface area contributed by atoms with Crippen LogP contribution in [0.25, 0.3) is 0 Å². The molecule has 0 saturated heterocycles. The first-order chi connectivity index (χ1) is 10.1. The molecule has 0 aliphatic carbocycles. The van der Waals surface area contributed by atoms with E-state index in [4.69, 9.17) is 0 Å². The van der Waals surface area contributed by atoms with E-state index in [1.54, 1.807) is 30.5 Å². The Kier molecular flexibility index (Phi) is 3.70. The summed E-state index contributed by atoms with van der Waals surface area (Å²) in [6.45, 7) is 0. The van der Waals surface area contributed by atoms with Gasteiger partial charge < -0.3 is 10.6 Å². The minimum absolute atomic E-state index is 0.0112. The Hall–Kier alpha value is -2.21. The number of carbonyl (C=O) groups is 2. The fourth-order valence-corrected chi connectivity index (χ4v) is 2.54. The van der Waals surface area contributed by atoms with Crippen molar-refractivity contribution in [3.8, 4) is 0 Å². The number of benzene rings is 1. The van der Waals surface area contributed by atoms with Crippen molar-refractivity contribution >= 4 is 39.2 Å². The number of rotatable bonds is 2. The molecule has 2 heterocycles. The third kappa shape index (κ3) is 2.95. The molecule has 0 fully saturated rings. The van der Waals surface area contributed by atoms with Crippen LogP contribution < -0.4 is 10.6 Å². The lowest BCUT2D eigenvalue weighted by Crippen LogP contribution is -2.20. The number of hydrogen-bond acceptors (Lipinski definition) is 3. The fourth-order valence-electron chi connectivity index (χ4n) is 2.18. The van der Waals surface area contributed by atoms with Crippen LogP contribution in [0.15, 0.2) is 41.0 Å². The number of nitrogens with one attached hydrogen (secondary N) is 2. The summed E-state index contributed by atoms with van der Waals surface area (Å²) in [6, 6.07) is 8.85. The van der Waals surface area contributed by atoms with Crippen LogP contribution in [0.3, 0.4) is 0 Å². The van der Waals surface area contributed by atoms with Crippen LogP contribution >= 0.6 is 15.9 Å². The number of amides is 2. The van der Waals surface area contributed by atoms with Crippen molar-refractivity contribution in [1.29, 1.82) is 0 Å². The summed E-state index contributed by atoms with van der Waals surface area (Å²) in [5, 5.41) is 5.55. The smallest absolute Gasteiger partial charge is 0.256 e. The summed E-state index contributed by atoms with van der Waals surface area (Å²) < 4.78 is 0.726. The third-order valence-corrected chi connectivity index (χ3v) is 3.89. The zero-order chi connectivity index (χ0) is 14.8. The van der Waals surface area contributed by atoms with E-state index in [1.165, 1.54) is 0 Å². The van der Waals surface area contributed by atoms with Crippen molar-refractivity contribution in [3.05, 3.63) is 52.1 Å². The van der Waals surface area contributed by atoms with Gasteiger partial charge in [-0.3, -0.25) is 9.59 Å². The SMILES string of the molecule is O=C1CCc2cc(C(=O)Nc3ncccc3Br)ccc2N1. The van der Waals surface area contributed by atoms with E-state index in [-0.39, 0.29) is 11.8 Å². The molecule has 1 aliphatic rings. The zero-order valence-corrected chi connectivity index (χ0v) is 12.6. The lowest BCUT2D eigenvalue weighted by molar-refractivity contribution is -0.116. The molecule has 0 radical (unpaired) electrons. The highest BCUT2D eigenvalue weighted by atomic mass is 79.9. The summed E-state index contributed by atoms with van der Waals surface area (Å²) >= 11 is 3.34. The molecular weight excluding hydrogens is 334 g/mol. The average molecular weight is 346 g/mol. The second-order valence-electron chi connectivity index (χ2n) is 4.71. The van der Waals surface area contributed by atoms with Gasteiger partial charge in [-0.25, -0.2) is 4.98 Å². The number of carbonyl (C=O) groups excluding carboxylic acids is 2. The van der Waals surface area contributed by atoms with Crippen LogP contribution in [-0.2, 0) is 11.2 Å². The summed E-state index contributed by atoms with van der Waals surface area (Å²) in [7, 11) is 0. The molecule has 21 heavy (non-hydrogen) atoms. The quantitative estimate of drug-likeness (QED) is 0.878. The Balaban J connectivity index is 1.83. The van der Waals surface area contributed by atoms with E-state index in [2.05, 4.69) is 31.5 Å². The number of aryl methyl sites for hydroxylation is 1. The van der Waals surface area contributed by atoms with Crippen LogP contribution in [0.5, 0.6) is 0 Å². The van der Waals surface area contributed by atoms with Crippen molar-refractivity contribution in [2.24, 2.45) is 0 Å². The monoisotopic (exact) mass is 345 g/mol. The van der Waals surface area contributed by atoms with E-state index >= 15 is 0 Å². The predicted molar refractivity (Wildman–Crippen MR) is 83.3 cm³/mol. The largest absolute Gasteiger partial charge is 0.326 e. The summed E-state index contributed by atoms with van der Waals surface area (Å²) in [5.41, 5.74) is 2.30. The second kappa shape index (κ2) is 5.65. The maximum atomic E-state index is 12.3. The van der Waals surface area contributed by atoms with E-state index in [0.717, 1.165) is 15.7 Å². The van der Waals surface area contributed by atoms with Crippen molar-refractivity contribution < 1.29 is 9.59 Å². The first kappa shape index (κ1) is 13.8. The van der Waals surface area contributed by atoms with E-state index in [9.17, 15) is 9.59 Å². The topological polar surface area (TPSA) is 71.1 Å². The number of fused-ring (bicyclic) bond motifs is 1. The van der Waals surface area contributed by atoms with Gasteiger partial charge in [0.05, 0.1) is 4.47 Å². The molecule has 6 heteroatoms. The molecular formula is C15H12BrN3O2. The number of hydrogen-bond donors (Lipinski definition) is 2. The molecule has 0 spiro atoms. The molecule has 1 aromatic carbocycles. The molecule has 106 valence electrons. The molecule has 2 aromatic rings. The van der Waals surface area contributed by atoms with E-state index in [1.807, 2.05) is 6.07 Å². The molecule has 1 aliphatic heterocycles. The number of aromatic nitrogens is 1. The minimum atomic E-state index is -0.228. The van der Waals surface area contributed by atoms with E-state index < -0.39 is 0 Å². The standard InChI is InChI=1S/C15H12BrN3O2/c16-11-2-1-7-17-14(11)19-15(21)10-3-5-12-9(8-10)4-6-13(20)18-12/h1-3,5,7-8H,4,6H2,(H,18,20)(H,17,19,21). The summed E-state index contributed by atoms with van der Waals surface area (Å²) in [5.74, 6) is 0.264. The molecule has 2 N–H and O–H groups in total. The highest BCUT2D eigenvalue weighted by molar-refractivity contribution is 9.10. The van der Waals surface area contributed by atoms with Gasteiger partial charge in [0.2, 0.25) is 5.91 Å². The normalized spacial score (nSPS) is 13.3. The molecule has 0 bridgehead atoms. The van der Waals surface area contributed by atoms with Gasteiger partial charge in [0.1, 0.15) is 5.82 Å². The molecule has 5 nitrogen and oxygen atoms in total. The average Bonchev–Trinajstić information content (AvgIpc) is 2.49. The van der Waals surface area contributed by atoms with Crippen LogP contribution in [0.1, 0.15) is 22.3 Å². The lowest BCUT2D eigenvalue weighted by Gasteiger charge is -2.17. The molecule has 1 aromatic heterocycles. The Labute approximate surface area is 129 Å². The maximum absolute atomic E-state index is 12.3. The highest BCUT2D eigenvalue weighted by Gasteiger charge is 2.17. The van der Waals surface area contributed by atoms with Crippen LogP contribution in [0, 0.1) is 0 Å².